The molecule has 1 fully saturated rings. The third kappa shape index (κ3) is 3.78. The zero-order valence-electron chi connectivity index (χ0n) is 13.7. The van der Waals surface area contributed by atoms with Crippen LogP contribution in [0.4, 0.5) is 13.2 Å². The molecule has 0 spiro atoms. The van der Waals surface area contributed by atoms with Crippen molar-refractivity contribution in [2.75, 3.05) is 6.54 Å². The summed E-state index contributed by atoms with van der Waals surface area (Å²) in [5, 5.41) is 9.55. The zero-order valence-corrected chi connectivity index (χ0v) is 15.3. The van der Waals surface area contributed by atoms with Gasteiger partial charge in [-0.15, -0.1) is 0 Å². The van der Waals surface area contributed by atoms with Crippen molar-refractivity contribution < 1.29 is 23.1 Å². The normalized spacial score (nSPS) is 19.5. The molecule has 2 unspecified atom stereocenters. The minimum absolute atomic E-state index is 0.430. The van der Waals surface area contributed by atoms with Crippen LogP contribution in [-0.2, 0) is 11.0 Å². The minimum Gasteiger partial charge on any atom is -0.480 e. The molecule has 1 aliphatic heterocycles. The highest BCUT2D eigenvalue weighted by molar-refractivity contribution is 9.10. The largest absolute Gasteiger partial charge is 0.480 e. The summed E-state index contributed by atoms with van der Waals surface area (Å²) < 4.78 is 40.3. The number of halogens is 4. The average molecular weight is 428 g/mol. The van der Waals surface area contributed by atoms with E-state index in [0.29, 0.717) is 24.9 Å². The van der Waals surface area contributed by atoms with Gasteiger partial charge in [0.05, 0.1) is 11.6 Å². The summed E-state index contributed by atoms with van der Waals surface area (Å²) in [6.07, 6.45) is -3.28. The molecule has 2 aromatic rings. The Morgan fingerprint density at radius 1 is 1.19 bits per heavy atom. The van der Waals surface area contributed by atoms with Crippen LogP contribution < -0.4 is 0 Å². The molecule has 0 saturated carbocycles. The van der Waals surface area contributed by atoms with E-state index in [1.54, 1.807) is 17.0 Å². The summed E-state index contributed by atoms with van der Waals surface area (Å²) in [4.78, 5) is 13.4. The van der Waals surface area contributed by atoms with Crippen LogP contribution in [-0.4, -0.2) is 28.6 Å². The summed E-state index contributed by atoms with van der Waals surface area (Å²) in [5.74, 6) is -0.952. The molecule has 1 aliphatic rings. The first-order valence-corrected chi connectivity index (χ1v) is 8.98. The Labute approximate surface area is 157 Å². The first kappa shape index (κ1) is 18.9. The number of nitrogens with zero attached hydrogens (tertiary/aromatic N) is 1. The SMILES string of the molecule is O=C(O)C1CCCN1C(c1cccc(C(F)(F)F)c1)c1ccccc1Br. The summed E-state index contributed by atoms with van der Waals surface area (Å²) in [7, 11) is 0. The Bertz CT molecular complexity index is 809. The number of hydrogen-bond donors (Lipinski definition) is 1. The highest BCUT2D eigenvalue weighted by atomic mass is 79.9. The Kier molecular flexibility index (Phi) is 5.39. The van der Waals surface area contributed by atoms with Crippen molar-refractivity contribution in [1.82, 2.24) is 4.90 Å². The first-order valence-electron chi connectivity index (χ1n) is 8.19. The average Bonchev–Trinajstić information content (AvgIpc) is 3.06. The second-order valence-corrected chi connectivity index (χ2v) is 7.14. The van der Waals surface area contributed by atoms with Gasteiger partial charge in [0.25, 0.3) is 0 Å². The fourth-order valence-electron chi connectivity index (χ4n) is 3.49. The molecule has 3 nitrogen and oxygen atoms in total. The van der Waals surface area contributed by atoms with E-state index in [1.165, 1.54) is 6.07 Å². The van der Waals surface area contributed by atoms with Crippen LogP contribution in [0.15, 0.2) is 53.0 Å². The van der Waals surface area contributed by atoms with Gasteiger partial charge >= 0.3 is 12.1 Å². The molecule has 26 heavy (non-hydrogen) atoms. The van der Waals surface area contributed by atoms with Crippen LogP contribution in [0.3, 0.4) is 0 Å². The monoisotopic (exact) mass is 427 g/mol. The number of likely N-dealkylation sites (tertiary alicyclic amines) is 1. The summed E-state index contributed by atoms with van der Waals surface area (Å²) in [6.45, 7) is 0.513. The Balaban J connectivity index is 2.13. The number of carboxylic acid groups (broad SMARTS) is 1. The van der Waals surface area contributed by atoms with Gasteiger partial charge in [0.15, 0.2) is 0 Å². The smallest absolute Gasteiger partial charge is 0.416 e. The van der Waals surface area contributed by atoms with Crippen LogP contribution >= 0.6 is 15.9 Å². The van der Waals surface area contributed by atoms with Crippen LogP contribution in [0.5, 0.6) is 0 Å². The van der Waals surface area contributed by atoms with E-state index in [9.17, 15) is 23.1 Å². The molecule has 1 heterocycles. The van der Waals surface area contributed by atoms with Crippen molar-refractivity contribution in [3.8, 4) is 0 Å². The molecule has 2 atom stereocenters. The maximum Gasteiger partial charge on any atom is 0.416 e. The quantitative estimate of drug-likeness (QED) is 0.736. The number of carbonyl (C=O) groups is 1. The van der Waals surface area contributed by atoms with Crippen molar-refractivity contribution in [2.24, 2.45) is 0 Å². The predicted molar refractivity (Wildman–Crippen MR) is 94.8 cm³/mol. The fraction of sp³-hybridized carbons (Fsp3) is 0.316. The number of hydrogen-bond acceptors (Lipinski definition) is 2. The zero-order chi connectivity index (χ0) is 18.9. The Morgan fingerprint density at radius 2 is 1.92 bits per heavy atom. The van der Waals surface area contributed by atoms with Crippen LogP contribution in [0.1, 0.15) is 35.6 Å². The number of rotatable bonds is 4. The molecule has 3 rings (SSSR count). The fourth-order valence-corrected chi connectivity index (χ4v) is 4.00. The van der Waals surface area contributed by atoms with Gasteiger partial charge in [0.1, 0.15) is 6.04 Å². The predicted octanol–water partition coefficient (Wildman–Crippen LogP) is 5.11. The lowest BCUT2D eigenvalue weighted by atomic mass is 9.94. The van der Waals surface area contributed by atoms with E-state index in [2.05, 4.69) is 15.9 Å². The maximum atomic E-state index is 13.2. The van der Waals surface area contributed by atoms with Crippen molar-refractivity contribution in [3.63, 3.8) is 0 Å². The second-order valence-electron chi connectivity index (χ2n) is 6.28. The van der Waals surface area contributed by atoms with Crippen molar-refractivity contribution in [1.29, 1.82) is 0 Å². The molecule has 1 N–H and O–H groups in total. The molecule has 0 amide bonds. The highest BCUT2D eigenvalue weighted by Crippen LogP contribution is 2.39. The standard InChI is InChI=1S/C19H17BrF3NO2/c20-15-8-2-1-7-14(15)17(24-10-4-9-16(24)18(25)26)12-5-3-6-13(11-12)19(21,22)23/h1-3,5-8,11,16-17H,4,9-10H2,(H,25,26). The van der Waals surface area contributed by atoms with Gasteiger partial charge in [-0.05, 0) is 42.2 Å². The Morgan fingerprint density at radius 3 is 2.58 bits per heavy atom. The third-order valence-electron chi connectivity index (χ3n) is 4.64. The molecule has 2 aromatic carbocycles. The molecule has 138 valence electrons. The van der Waals surface area contributed by atoms with E-state index in [1.807, 2.05) is 18.2 Å². The van der Waals surface area contributed by atoms with Gasteiger partial charge in [-0.2, -0.15) is 13.2 Å². The summed E-state index contributed by atoms with van der Waals surface area (Å²) >= 11 is 3.46. The number of alkyl halides is 3. The van der Waals surface area contributed by atoms with Gasteiger partial charge in [0, 0.05) is 11.0 Å². The second kappa shape index (κ2) is 7.40. The number of aliphatic carboxylic acids is 1. The van der Waals surface area contributed by atoms with E-state index in [-0.39, 0.29) is 0 Å². The molecule has 0 bridgehead atoms. The topological polar surface area (TPSA) is 40.5 Å². The molecular formula is C19H17BrF3NO2. The van der Waals surface area contributed by atoms with E-state index < -0.39 is 29.8 Å². The molecule has 1 saturated heterocycles. The third-order valence-corrected chi connectivity index (χ3v) is 5.36. The minimum atomic E-state index is -4.45. The number of benzene rings is 2. The molecule has 0 radical (unpaired) electrons. The first-order chi connectivity index (χ1) is 12.3. The molecular weight excluding hydrogens is 411 g/mol. The van der Waals surface area contributed by atoms with Gasteiger partial charge in [-0.25, -0.2) is 0 Å². The molecule has 0 aliphatic carbocycles. The van der Waals surface area contributed by atoms with Crippen LogP contribution in [0.25, 0.3) is 0 Å². The lowest BCUT2D eigenvalue weighted by Gasteiger charge is -2.33. The maximum absolute atomic E-state index is 13.2. The van der Waals surface area contributed by atoms with Crippen molar-refractivity contribution >= 4 is 21.9 Å². The summed E-state index contributed by atoms with van der Waals surface area (Å²) in [5.41, 5.74) is 0.443. The van der Waals surface area contributed by atoms with Crippen LogP contribution in [0, 0.1) is 0 Å². The van der Waals surface area contributed by atoms with Gasteiger partial charge in [-0.3, -0.25) is 9.69 Å². The van der Waals surface area contributed by atoms with Crippen molar-refractivity contribution in [2.45, 2.75) is 31.1 Å². The Hall–Kier alpha value is -1.86. The van der Waals surface area contributed by atoms with E-state index in [0.717, 1.165) is 22.2 Å². The van der Waals surface area contributed by atoms with E-state index >= 15 is 0 Å². The van der Waals surface area contributed by atoms with Gasteiger partial charge < -0.3 is 5.11 Å². The van der Waals surface area contributed by atoms with Gasteiger partial charge in [-0.1, -0.05) is 46.3 Å². The van der Waals surface area contributed by atoms with E-state index in [4.69, 9.17) is 0 Å². The lowest BCUT2D eigenvalue weighted by molar-refractivity contribution is -0.143. The lowest BCUT2D eigenvalue weighted by Crippen LogP contribution is -2.39. The van der Waals surface area contributed by atoms with Crippen molar-refractivity contribution in [3.05, 3.63) is 69.7 Å². The van der Waals surface area contributed by atoms with Gasteiger partial charge in [0.2, 0.25) is 0 Å². The molecule has 7 heteroatoms. The summed E-state index contributed by atoms with van der Waals surface area (Å²) in [6, 6.07) is 11.1. The molecule has 0 aromatic heterocycles. The number of carboxylic acids is 1. The highest BCUT2D eigenvalue weighted by Gasteiger charge is 2.38. The van der Waals surface area contributed by atoms with Crippen LogP contribution in [0.2, 0.25) is 0 Å².